The first kappa shape index (κ1) is 20.9. The van der Waals surface area contributed by atoms with Crippen LogP contribution < -0.4 is 10.1 Å². The van der Waals surface area contributed by atoms with Crippen molar-refractivity contribution in [2.75, 3.05) is 12.4 Å². The molecule has 0 atom stereocenters. The molecule has 0 aliphatic carbocycles. The second kappa shape index (κ2) is 8.78. The van der Waals surface area contributed by atoms with Crippen LogP contribution in [0.1, 0.15) is 16.3 Å². The van der Waals surface area contributed by atoms with E-state index in [1.54, 1.807) is 48.5 Å². The van der Waals surface area contributed by atoms with E-state index < -0.39 is 10.8 Å². The molecule has 1 amide bonds. The molecule has 2 aromatic heterocycles. The Balaban J connectivity index is 1.59. The zero-order valence-corrected chi connectivity index (χ0v) is 16.9. The van der Waals surface area contributed by atoms with Crippen LogP contribution in [0.4, 0.5) is 11.4 Å². The molecule has 2 N–H and O–H groups in total. The molecule has 0 saturated heterocycles. The number of furan rings is 2. The second-order valence-electron chi connectivity index (χ2n) is 6.73. The van der Waals surface area contributed by atoms with Gasteiger partial charge in [-0.2, -0.15) is 0 Å². The molecule has 0 aliphatic rings. The van der Waals surface area contributed by atoms with Crippen LogP contribution in [0.2, 0.25) is 0 Å². The summed E-state index contributed by atoms with van der Waals surface area (Å²) in [6, 6.07) is 17.4. The largest absolute Gasteiger partial charge is 0.496 e. The molecule has 2 aromatic carbocycles. The van der Waals surface area contributed by atoms with Gasteiger partial charge < -0.3 is 24.0 Å². The quantitative estimate of drug-likeness (QED) is 0.314. The third-order valence-electron chi connectivity index (χ3n) is 4.74. The van der Waals surface area contributed by atoms with Crippen molar-refractivity contribution < 1.29 is 28.4 Å². The summed E-state index contributed by atoms with van der Waals surface area (Å²) in [6.45, 7) is -0.237. The number of ether oxygens (including phenoxy) is 1. The number of para-hydroxylation sites is 1. The summed E-state index contributed by atoms with van der Waals surface area (Å²) in [5, 5.41) is 23.2. The molecule has 32 heavy (non-hydrogen) atoms. The van der Waals surface area contributed by atoms with Gasteiger partial charge in [-0.15, -0.1) is 0 Å². The third kappa shape index (κ3) is 4.09. The fraction of sp³-hybridized carbons (Fsp3) is 0.0870. The first-order chi connectivity index (χ1) is 15.5. The van der Waals surface area contributed by atoms with Crippen molar-refractivity contribution in [3.63, 3.8) is 0 Å². The number of hydrogen-bond acceptors (Lipinski definition) is 7. The number of aliphatic hydroxyl groups excluding tert-OH is 1. The molecule has 0 fully saturated rings. The van der Waals surface area contributed by atoms with Gasteiger partial charge in [-0.05, 0) is 48.5 Å². The number of anilines is 1. The molecule has 9 heteroatoms. The number of methoxy groups -OCH3 is 1. The number of carbonyl (C=O) groups is 1. The van der Waals surface area contributed by atoms with E-state index in [0.717, 1.165) is 0 Å². The molecule has 0 bridgehead atoms. The fourth-order valence-corrected chi connectivity index (χ4v) is 3.22. The minimum atomic E-state index is -0.526. The number of nitrogens with zero attached hydrogens (tertiary/aromatic N) is 1. The van der Waals surface area contributed by atoms with Gasteiger partial charge in [0.15, 0.2) is 5.76 Å². The summed E-state index contributed by atoms with van der Waals surface area (Å²) in [5.41, 5.74) is 1.21. The van der Waals surface area contributed by atoms with Crippen molar-refractivity contribution >= 4 is 17.3 Å². The Bertz CT molecular complexity index is 1290. The Kier molecular flexibility index (Phi) is 5.73. The predicted octanol–water partition coefficient (Wildman–Crippen LogP) is 4.87. The van der Waals surface area contributed by atoms with Gasteiger partial charge in [0.25, 0.3) is 11.6 Å². The SMILES string of the molecule is COc1ccc(NC(=O)c2ccc(-c3ccccc3[N+](=O)[O-])o2)cc1-c1ccc(CO)o1. The molecule has 2 heterocycles. The van der Waals surface area contributed by atoms with Gasteiger partial charge in [0, 0.05) is 11.8 Å². The monoisotopic (exact) mass is 434 g/mol. The van der Waals surface area contributed by atoms with Gasteiger partial charge in [-0.25, -0.2) is 0 Å². The summed E-state index contributed by atoms with van der Waals surface area (Å²) in [4.78, 5) is 23.4. The molecule has 9 nitrogen and oxygen atoms in total. The van der Waals surface area contributed by atoms with Crippen molar-refractivity contribution in [3.05, 3.63) is 88.4 Å². The summed E-state index contributed by atoms with van der Waals surface area (Å²) in [7, 11) is 1.51. The summed E-state index contributed by atoms with van der Waals surface area (Å²) < 4.78 is 16.5. The minimum Gasteiger partial charge on any atom is -0.496 e. The van der Waals surface area contributed by atoms with Gasteiger partial charge in [0.1, 0.15) is 29.6 Å². The normalized spacial score (nSPS) is 10.7. The summed E-state index contributed by atoms with van der Waals surface area (Å²) >= 11 is 0. The van der Waals surface area contributed by atoms with Crippen LogP contribution in [0.25, 0.3) is 22.6 Å². The van der Waals surface area contributed by atoms with E-state index >= 15 is 0 Å². The number of benzene rings is 2. The van der Waals surface area contributed by atoms with Crippen molar-refractivity contribution in [1.29, 1.82) is 0 Å². The number of aliphatic hydroxyl groups is 1. The molecule has 0 radical (unpaired) electrons. The van der Waals surface area contributed by atoms with E-state index in [0.29, 0.717) is 28.5 Å². The van der Waals surface area contributed by atoms with Crippen molar-refractivity contribution in [2.24, 2.45) is 0 Å². The van der Waals surface area contributed by atoms with Gasteiger partial charge in [0.05, 0.1) is 23.2 Å². The zero-order chi connectivity index (χ0) is 22.7. The van der Waals surface area contributed by atoms with Gasteiger partial charge in [-0.3, -0.25) is 14.9 Å². The highest BCUT2D eigenvalue weighted by atomic mass is 16.6. The smallest absolute Gasteiger partial charge is 0.291 e. The standard InChI is InChI=1S/C23H18N2O7/c1-30-19-8-6-14(12-17(19)21-9-7-15(13-26)31-21)24-23(27)22-11-10-20(32-22)16-4-2-3-5-18(16)25(28)29/h2-12,26H,13H2,1H3,(H,24,27). The van der Waals surface area contributed by atoms with E-state index in [9.17, 15) is 20.0 Å². The number of nitro benzene ring substituents is 1. The maximum Gasteiger partial charge on any atom is 0.291 e. The van der Waals surface area contributed by atoms with Crippen molar-refractivity contribution in [3.8, 4) is 28.4 Å². The predicted molar refractivity (Wildman–Crippen MR) is 115 cm³/mol. The average Bonchev–Trinajstić information content (AvgIpc) is 3.49. The molecule has 0 spiro atoms. The number of amides is 1. The number of carbonyl (C=O) groups excluding carboxylic acids is 1. The Labute approximate surface area is 182 Å². The number of nitrogens with one attached hydrogen (secondary N) is 1. The first-order valence-corrected chi connectivity index (χ1v) is 9.53. The Morgan fingerprint density at radius 3 is 2.50 bits per heavy atom. The zero-order valence-electron chi connectivity index (χ0n) is 16.9. The van der Waals surface area contributed by atoms with Gasteiger partial charge >= 0.3 is 0 Å². The Morgan fingerprint density at radius 2 is 1.78 bits per heavy atom. The number of hydrogen-bond donors (Lipinski definition) is 2. The highest BCUT2D eigenvalue weighted by Crippen LogP contribution is 2.34. The molecule has 0 aliphatic heterocycles. The lowest BCUT2D eigenvalue weighted by atomic mass is 10.1. The fourth-order valence-electron chi connectivity index (χ4n) is 3.22. The van der Waals surface area contributed by atoms with E-state index in [1.165, 1.54) is 25.3 Å². The van der Waals surface area contributed by atoms with E-state index in [2.05, 4.69) is 5.32 Å². The van der Waals surface area contributed by atoms with Gasteiger partial charge in [0.2, 0.25) is 0 Å². The van der Waals surface area contributed by atoms with Crippen LogP contribution in [0.3, 0.4) is 0 Å². The highest BCUT2D eigenvalue weighted by molar-refractivity contribution is 6.03. The van der Waals surface area contributed by atoms with Crippen LogP contribution >= 0.6 is 0 Å². The average molecular weight is 434 g/mol. The number of nitro groups is 1. The molecule has 162 valence electrons. The van der Waals surface area contributed by atoms with Crippen LogP contribution in [-0.2, 0) is 6.61 Å². The van der Waals surface area contributed by atoms with Crippen LogP contribution in [-0.4, -0.2) is 23.0 Å². The Hall–Kier alpha value is -4.37. The summed E-state index contributed by atoms with van der Waals surface area (Å²) in [6.07, 6.45) is 0. The Morgan fingerprint density at radius 1 is 1.03 bits per heavy atom. The molecular weight excluding hydrogens is 416 g/mol. The highest BCUT2D eigenvalue weighted by Gasteiger charge is 2.20. The van der Waals surface area contributed by atoms with Gasteiger partial charge in [-0.1, -0.05) is 12.1 Å². The first-order valence-electron chi connectivity index (χ1n) is 9.53. The van der Waals surface area contributed by atoms with E-state index in [-0.39, 0.29) is 29.4 Å². The molecule has 4 aromatic rings. The maximum absolute atomic E-state index is 12.7. The molecule has 4 rings (SSSR count). The topological polar surface area (TPSA) is 128 Å². The second-order valence-corrected chi connectivity index (χ2v) is 6.73. The van der Waals surface area contributed by atoms with Crippen molar-refractivity contribution in [1.82, 2.24) is 0 Å². The maximum atomic E-state index is 12.7. The minimum absolute atomic E-state index is 0.00363. The summed E-state index contributed by atoms with van der Waals surface area (Å²) in [5.74, 6) is 1.08. The van der Waals surface area contributed by atoms with Crippen LogP contribution in [0.5, 0.6) is 5.75 Å². The lowest BCUT2D eigenvalue weighted by Crippen LogP contribution is -2.10. The van der Waals surface area contributed by atoms with E-state index in [1.807, 2.05) is 0 Å². The lowest BCUT2D eigenvalue weighted by molar-refractivity contribution is -0.384. The lowest BCUT2D eigenvalue weighted by Gasteiger charge is -2.10. The van der Waals surface area contributed by atoms with E-state index in [4.69, 9.17) is 13.6 Å². The third-order valence-corrected chi connectivity index (χ3v) is 4.74. The van der Waals surface area contributed by atoms with Crippen molar-refractivity contribution in [2.45, 2.75) is 6.61 Å². The molecule has 0 unspecified atom stereocenters. The van der Waals surface area contributed by atoms with Crippen LogP contribution in [0, 0.1) is 10.1 Å². The number of rotatable bonds is 7. The molecule has 0 saturated carbocycles. The molecular formula is C23H18N2O7. The van der Waals surface area contributed by atoms with Crippen LogP contribution in [0.15, 0.2) is 75.6 Å².